The number of benzene rings is 1. The molecule has 0 saturated carbocycles. The molecule has 2 aliphatic rings. The predicted octanol–water partition coefficient (Wildman–Crippen LogP) is 1.37. The Morgan fingerprint density at radius 3 is 2.77 bits per heavy atom. The van der Waals surface area contributed by atoms with Crippen molar-refractivity contribution in [3.8, 4) is 0 Å². The molecule has 0 radical (unpaired) electrons. The van der Waals surface area contributed by atoms with Gasteiger partial charge in [0.15, 0.2) is 0 Å². The van der Waals surface area contributed by atoms with Gasteiger partial charge in [0.1, 0.15) is 6.04 Å². The fourth-order valence-corrected chi connectivity index (χ4v) is 3.25. The molecular weight excluding hydrogens is 302 g/mol. The van der Waals surface area contributed by atoms with Crippen molar-refractivity contribution < 1.29 is 9.53 Å². The third kappa shape index (κ3) is 3.37. The van der Waals surface area contributed by atoms with E-state index in [1.54, 1.807) is 0 Å². The highest BCUT2D eigenvalue weighted by Gasteiger charge is 2.33. The first-order valence-electron chi connectivity index (χ1n) is 7.79. The van der Waals surface area contributed by atoms with E-state index in [0.717, 1.165) is 43.4 Å². The van der Waals surface area contributed by atoms with Crippen molar-refractivity contribution in [2.75, 3.05) is 44.2 Å². The standard InChI is InChI=1S/C16H22ClN3O2/c1-12-15(18-5-10-22-12)16(21)20-8-6-19(7-9-20)14-4-2-3-13(17)11-14/h2-4,11-12,15,18H,5-10H2,1H3/t12-,15+/m1/s1. The van der Waals surface area contributed by atoms with Gasteiger partial charge in [-0.1, -0.05) is 17.7 Å². The number of hydrogen-bond donors (Lipinski definition) is 1. The second kappa shape index (κ2) is 6.86. The third-order valence-electron chi connectivity index (χ3n) is 4.35. The number of morpholine rings is 1. The molecule has 1 aromatic carbocycles. The van der Waals surface area contributed by atoms with Gasteiger partial charge >= 0.3 is 0 Å². The van der Waals surface area contributed by atoms with Crippen LogP contribution in [0, 0.1) is 0 Å². The summed E-state index contributed by atoms with van der Waals surface area (Å²) in [5, 5.41) is 4.01. The van der Waals surface area contributed by atoms with E-state index in [1.165, 1.54) is 0 Å². The first-order valence-corrected chi connectivity index (χ1v) is 8.17. The number of anilines is 1. The van der Waals surface area contributed by atoms with Crippen LogP contribution in [0.5, 0.6) is 0 Å². The largest absolute Gasteiger partial charge is 0.375 e. The van der Waals surface area contributed by atoms with Crippen LogP contribution in [0.3, 0.4) is 0 Å². The number of halogens is 1. The molecule has 0 aliphatic carbocycles. The van der Waals surface area contributed by atoms with E-state index in [1.807, 2.05) is 30.0 Å². The molecule has 0 unspecified atom stereocenters. The molecule has 0 aromatic heterocycles. The van der Waals surface area contributed by atoms with Crippen molar-refractivity contribution in [3.05, 3.63) is 29.3 Å². The number of amides is 1. The molecule has 2 saturated heterocycles. The average molecular weight is 324 g/mol. The Balaban J connectivity index is 1.58. The van der Waals surface area contributed by atoms with Crippen LogP contribution in [0.2, 0.25) is 5.02 Å². The molecular formula is C16H22ClN3O2. The van der Waals surface area contributed by atoms with Crippen LogP contribution in [0.15, 0.2) is 24.3 Å². The van der Waals surface area contributed by atoms with Gasteiger partial charge in [0.25, 0.3) is 0 Å². The Morgan fingerprint density at radius 2 is 2.09 bits per heavy atom. The zero-order valence-electron chi connectivity index (χ0n) is 12.8. The lowest BCUT2D eigenvalue weighted by molar-refractivity contribution is -0.139. The van der Waals surface area contributed by atoms with Crippen molar-refractivity contribution in [2.24, 2.45) is 0 Å². The Labute approximate surface area is 136 Å². The summed E-state index contributed by atoms with van der Waals surface area (Å²) >= 11 is 6.05. The number of rotatable bonds is 2. The van der Waals surface area contributed by atoms with E-state index in [4.69, 9.17) is 16.3 Å². The summed E-state index contributed by atoms with van der Waals surface area (Å²) in [6.45, 7) is 6.49. The number of nitrogens with zero attached hydrogens (tertiary/aromatic N) is 2. The van der Waals surface area contributed by atoms with Crippen LogP contribution < -0.4 is 10.2 Å². The lowest BCUT2D eigenvalue weighted by Gasteiger charge is -2.39. The highest BCUT2D eigenvalue weighted by Crippen LogP contribution is 2.21. The molecule has 2 atom stereocenters. The van der Waals surface area contributed by atoms with E-state index in [2.05, 4.69) is 16.3 Å². The summed E-state index contributed by atoms with van der Waals surface area (Å²) in [4.78, 5) is 16.8. The highest BCUT2D eigenvalue weighted by molar-refractivity contribution is 6.30. The predicted molar refractivity (Wildman–Crippen MR) is 87.4 cm³/mol. The monoisotopic (exact) mass is 323 g/mol. The Bertz CT molecular complexity index is 532. The quantitative estimate of drug-likeness (QED) is 0.893. The minimum Gasteiger partial charge on any atom is -0.375 e. The minimum absolute atomic E-state index is 0.0628. The molecule has 2 heterocycles. The molecule has 120 valence electrons. The van der Waals surface area contributed by atoms with Crippen LogP contribution in [0.4, 0.5) is 5.69 Å². The smallest absolute Gasteiger partial charge is 0.242 e. The number of carbonyl (C=O) groups excluding carboxylic acids is 1. The normalized spacial score (nSPS) is 26.1. The zero-order valence-corrected chi connectivity index (χ0v) is 13.6. The highest BCUT2D eigenvalue weighted by atomic mass is 35.5. The van der Waals surface area contributed by atoms with Gasteiger partial charge in [-0.15, -0.1) is 0 Å². The summed E-state index contributed by atoms with van der Waals surface area (Å²) in [5.41, 5.74) is 1.12. The molecule has 5 nitrogen and oxygen atoms in total. The van der Waals surface area contributed by atoms with Gasteiger partial charge in [0.2, 0.25) is 5.91 Å². The fraction of sp³-hybridized carbons (Fsp3) is 0.562. The molecule has 2 fully saturated rings. The van der Waals surface area contributed by atoms with Crippen molar-refractivity contribution in [3.63, 3.8) is 0 Å². The number of nitrogens with one attached hydrogen (secondary N) is 1. The van der Waals surface area contributed by atoms with Crippen LogP contribution >= 0.6 is 11.6 Å². The zero-order chi connectivity index (χ0) is 15.5. The van der Waals surface area contributed by atoms with Crippen molar-refractivity contribution >= 4 is 23.2 Å². The first kappa shape index (κ1) is 15.6. The molecule has 6 heteroatoms. The van der Waals surface area contributed by atoms with Gasteiger partial charge in [-0.05, 0) is 25.1 Å². The fourth-order valence-electron chi connectivity index (χ4n) is 3.06. The topological polar surface area (TPSA) is 44.8 Å². The van der Waals surface area contributed by atoms with Gasteiger partial charge in [-0.3, -0.25) is 4.79 Å². The molecule has 1 aromatic rings. The van der Waals surface area contributed by atoms with Crippen molar-refractivity contribution in [2.45, 2.75) is 19.1 Å². The number of piperazine rings is 1. The SMILES string of the molecule is C[C@H]1OCCN[C@@H]1C(=O)N1CCN(c2cccc(Cl)c2)CC1. The van der Waals surface area contributed by atoms with Gasteiger partial charge in [0, 0.05) is 43.4 Å². The molecule has 3 rings (SSSR count). The Kier molecular flexibility index (Phi) is 4.86. The molecule has 1 amide bonds. The van der Waals surface area contributed by atoms with Gasteiger partial charge in [-0.25, -0.2) is 0 Å². The maximum Gasteiger partial charge on any atom is 0.242 e. The second-order valence-corrected chi connectivity index (χ2v) is 6.24. The van der Waals surface area contributed by atoms with Gasteiger partial charge < -0.3 is 19.9 Å². The lowest BCUT2D eigenvalue weighted by atomic mass is 10.1. The maximum absolute atomic E-state index is 12.6. The van der Waals surface area contributed by atoms with Crippen LogP contribution in [-0.4, -0.2) is 62.3 Å². The maximum atomic E-state index is 12.6. The van der Waals surface area contributed by atoms with Crippen LogP contribution in [0.1, 0.15) is 6.92 Å². The summed E-state index contributed by atoms with van der Waals surface area (Å²) in [7, 11) is 0. The average Bonchev–Trinajstić information content (AvgIpc) is 2.55. The van der Waals surface area contributed by atoms with Crippen molar-refractivity contribution in [1.29, 1.82) is 0 Å². The summed E-state index contributed by atoms with van der Waals surface area (Å²) in [6.07, 6.45) is -0.0628. The summed E-state index contributed by atoms with van der Waals surface area (Å²) < 4.78 is 5.57. The molecule has 1 N–H and O–H groups in total. The molecule has 0 spiro atoms. The molecule has 0 bridgehead atoms. The first-order chi connectivity index (χ1) is 10.6. The third-order valence-corrected chi connectivity index (χ3v) is 4.58. The van der Waals surface area contributed by atoms with E-state index >= 15 is 0 Å². The minimum atomic E-state index is -0.216. The number of hydrogen-bond acceptors (Lipinski definition) is 4. The van der Waals surface area contributed by atoms with E-state index < -0.39 is 0 Å². The van der Waals surface area contributed by atoms with Crippen LogP contribution in [-0.2, 0) is 9.53 Å². The molecule has 22 heavy (non-hydrogen) atoms. The van der Waals surface area contributed by atoms with Crippen LogP contribution in [0.25, 0.3) is 0 Å². The summed E-state index contributed by atoms with van der Waals surface area (Å²) in [6, 6.07) is 7.65. The second-order valence-electron chi connectivity index (χ2n) is 5.80. The Hall–Kier alpha value is -1.30. The van der Waals surface area contributed by atoms with Gasteiger partial charge in [0.05, 0.1) is 12.7 Å². The van der Waals surface area contributed by atoms with E-state index in [-0.39, 0.29) is 18.1 Å². The Morgan fingerprint density at radius 1 is 1.32 bits per heavy atom. The number of carbonyl (C=O) groups is 1. The number of ether oxygens (including phenoxy) is 1. The lowest BCUT2D eigenvalue weighted by Crippen LogP contribution is -2.59. The molecule has 2 aliphatic heterocycles. The van der Waals surface area contributed by atoms with Crippen molar-refractivity contribution in [1.82, 2.24) is 10.2 Å². The van der Waals surface area contributed by atoms with E-state index in [0.29, 0.717) is 6.61 Å². The van der Waals surface area contributed by atoms with Gasteiger partial charge in [-0.2, -0.15) is 0 Å². The van der Waals surface area contributed by atoms with E-state index in [9.17, 15) is 4.79 Å². The summed E-state index contributed by atoms with van der Waals surface area (Å²) in [5.74, 6) is 0.151.